The molecule has 0 spiro atoms. The molecule has 44 heavy (non-hydrogen) atoms. The summed E-state index contributed by atoms with van der Waals surface area (Å²) in [5, 5.41) is 6.07. The van der Waals surface area contributed by atoms with E-state index in [4.69, 9.17) is 4.74 Å². The van der Waals surface area contributed by atoms with Crippen LogP contribution in [-0.4, -0.2) is 92.3 Å². The number of fused-ring (bicyclic) bond motifs is 1. The SMILES string of the molecule is CC(C)(C)OC=O.CNCC#Cc1cccc(C(c2ccccc2)C2CCN(C(=O)N3CC[C@@H]4OCC(=O)N[C@@H]4C3)CC2)c1. The fourth-order valence-corrected chi connectivity index (χ4v) is 6.08. The summed E-state index contributed by atoms with van der Waals surface area (Å²) in [5.74, 6) is 7.03. The number of nitrogens with zero attached hydrogens (tertiary/aromatic N) is 2. The van der Waals surface area contributed by atoms with Gasteiger partial charge in [-0.2, -0.15) is 0 Å². The molecule has 3 aliphatic rings. The third kappa shape index (κ3) is 9.31. The molecule has 3 amide bonds. The van der Waals surface area contributed by atoms with Crippen LogP contribution in [0.4, 0.5) is 4.79 Å². The minimum Gasteiger partial charge on any atom is -0.462 e. The number of likely N-dealkylation sites (tertiary alicyclic amines) is 2. The van der Waals surface area contributed by atoms with Crippen LogP contribution < -0.4 is 10.6 Å². The monoisotopic (exact) mass is 602 g/mol. The molecule has 0 aromatic heterocycles. The highest BCUT2D eigenvalue weighted by atomic mass is 16.5. The third-order valence-electron chi connectivity index (χ3n) is 8.18. The van der Waals surface area contributed by atoms with Crippen molar-refractivity contribution in [3.63, 3.8) is 0 Å². The first kappa shape index (κ1) is 33.0. The number of carbonyl (C=O) groups is 3. The summed E-state index contributed by atoms with van der Waals surface area (Å²) >= 11 is 0. The summed E-state index contributed by atoms with van der Waals surface area (Å²) in [7, 11) is 1.90. The molecule has 3 saturated heterocycles. The van der Waals surface area contributed by atoms with Gasteiger partial charge in [-0.1, -0.05) is 54.3 Å². The van der Waals surface area contributed by atoms with Crippen LogP contribution in [0, 0.1) is 17.8 Å². The standard InChI is InChI=1S/C30H36N4O3.C5H10O2/c1-31-15-6-8-22-7-5-11-25(19-22)29(23-9-3-2-4-10-23)24-12-16-33(17-13-24)30(36)34-18-14-27-26(20-34)32-28(35)21-37-27;1-5(2,3)7-4-6/h2-5,7,9-11,19,24,26-27,29,31H,12-18,20-21H2,1H3,(H,32,35);4H,1-3H3/t26-,27+,29?;/m1./s1. The topological polar surface area (TPSA) is 100 Å². The average Bonchev–Trinajstić information content (AvgIpc) is 3.01. The maximum absolute atomic E-state index is 13.4. The lowest BCUT2D eigenvalue weighted by Crippen LogP contribution is -2.62. The second-order valence-corrected chi connectivity index (χ2v) is 12.5. The predicted molar refractivity (Wildman–Crippen MR) is 170 cm³/mol. The van der Waals surface area contributed by atoms with Gasteiger partial charge in [-0.25, -0.2) is 4.79 Å². The zero-order chi connectivity index (χ0) is 31.5. The summed E-state index contributed by atoms with van der Waals surface area (Å²) in [6.45, 7) is 9.37. The van der Waals surface area contributed by atoms with Gasteiger partial charge in [0.05, 0.1) is 18.7 Å². The van der Waals surface area contributed by atoms with E-state index in [1.165, 1.54) is 11.1 Å². The van der Waals surface area contributed by atoms with Crippen LogP contribution in [-0.2, 0) is 19.1 Å². The minimum absolute atomic E-state index is 0.0119. The molecule has 3 aliphatic heterocycles. The van der Waals surface area contributed by atoms with Gasteiger partial charge in [0, 0.05) is 37.7 Å². The quantitative estimate of drug-likeness (QED) is 0.400. The molecule has 9 heteroatoms. The molecular formula is C35H46N4O5. The van der Waals surface area contributed by atoms with Gasteiger partial charge < -0.3 is 29.9 Å². The minimum atomic E-state index is -0.318. The Hall–Kier alpha value is -3.87. The first-order valence-electron chi connectivity index (χ1n) is 15.5. The zero-order valence-corrected chi connectivity index (χ0v) is 26.4. The van der Waals surface area contributed by atoms with Crippen molar-refractivity contribution >= 4 is 18.4 Å². The van der Waals surface area contributed by atoms with Gasteiger partial charge in [0.2, 0.25) is 5.91 Å². The molecule has 0 aliphatic carbocycles. The predicted octanol–water partition coefficient (Wildman–Crippen LogP) is 3.77. The molecule has 3 heterocycles. The number of hydrogen-bond acceptors (Lipinski definition) is 6. The van der Waals surface area contributed by atoms with Crippen LogP contribution in [0.15, 0.2) is 54.6 Å². The van der Waals surface area contributed by atoms with E-state index in [1.54, 1.807) is 0 Å². The Morgan fingerprint density at radius 3 is 2.43 bits per heavy atom. The molecule has 3 atom stereocenters. The molecule has 3 fully saturated rings. The summed E-state index contributed by atoms with van der Waals surface area (Å²) < 4.78 is 10.2. The van der Waals surface area contributed by atoms with Crippen LogP contribution in [0.3, 0.4) is 0 Å². The van der Waals surface area contributed by atoms with Crippen LogP contribution in [0.5, 0.6) is 0 Å². The van der Waals surface area contributed by atoms with E-state index >= 15 is 0 Å². The fraction of sp³-hybridized carbons (Fsp3) is 0.514. The van der Waals surface area contributed by atoms with Crippen molar-refractivity contribution in [2.24, 2.45) is 5.92 Å². The number of morpholine rings is 1. The Bertz CT molecular complexity index is 1310. The second-order valence-electron chi connectivity index (χ2n) is 12.5. The van der Waals surface area contributed by atoms with Crippen molar-refractivity contribution in [3.05, 3.63) is 71.3 Å². The van der Waals surface area contributed by atoms with Crippen molar-refractivity contribution in [3.8, 4) is 11.8 Å². The lowest BCUT2D eigenvalue weighted by Gasteiger charge is -2.44. The number of nitrogens with one attached hydrogen (secondary N) is 2. The Balaban J connectivity index is 0.000000566. The van der Waals surface area contributed by atoms with Gasteiger partial charge in [-0.3, -0.25) is 9.59 Å². The molecule has 0 bridgehead atoms. The lowest BCUT2D eigenvalue weighted by molar-refractivity contribution is -0.140. The number of urea groups is 1. The largest absolute Gasteiger partial charge is 0.462 e. The Kier molecular flexibility index (Phi) is 11.8. The van der Waals surface area contributed by atoms with E-state index in [-0.39, 0.29) is 42.2 Å². The van der Waals surface area contributed by atoms with Gasteiger partial charge in [0.25, 0.3) is 6.47 Å². The van der Waals surface area contributed by atoms with E-state index in [9.17, 15) is 14.4 Å². The number of carbonyl (C=O) groups excluding carboxylic acids is 3. The highest BCUT2D eigenvalue weighted by Crippen LogP contribution is 2.38. The Morgan fingerprint density at radius 2 is 1.77 bits per heavy atom. The summed E-state index contributed by atoms with van der Waals surface area (Å²) in [4.78, 5) is 38.6. The highest BCUT2D eigenvalue weighted by Gasteiger charge is 2.38. The molecule has 1 unspecified atom stereocenters. The zero-order valence-electron chi connectivity index (χ0n) is 26.4. The maximum Gasteiger partial charge on any atom is 0.320 e. The first-order valence-corrected chi connectivity index (χ1v) is 15.5. The maximum atomic E-state index is 13.4. The number of hydrogen-bond donors (Lipinski definition) is 2. The summed E-state index contributed by atoms with van der Waals surface area (Å²) in [5.41, 5.74) is 3.30. The van der Waals surface area contributed by atoms with Gasteiger partial charge in [-0.15, -0.1) is 0 Å². The molecule has 5 rings (SSSR count). The van der Waals surface area contributed by atoms with E-state index in [1.807, 2.05) is 37.6 Å². The van der Waals surface area contributed by atoms with Gasteiger partial charge >= 0.3 is 6.03 Å². The number of piperidine rings is 2. The van der Waals surface area contributed by atoms with E-state index in [0.717, 1.165) is 37.9 Å². The van der Waals surface area contributed by atoms with Gasteiger partial charge in [-0.05, 0) is 76.3 Å². The van der Waals surface area contributed by atoms with Crippen LogP contribution in [0.1, 0.15) is 62.6 Å². The number of amides is 3. The van der Waals surface area contributed by atoms with E-state index in [2.05, 4.69) is 81.8 Å². The average molecular weight is 603 g/mol. The molecular weight excluding hydrogens is 556 g/mol. The smallest absolute Gasteiger partial charge is 0.320 e. The van der Waals surface area contributed by atoms with Crippen molar-refractivity contribution < 1.29 is 23.9 Å². The Labute approximate surface area is 261 Å². The lowest BCUT2D eigenvalue weighted by atomic mass is 9.76. The summed E-state index contributed by atoms with van der Waals surface area (Å²) in [6, 6.07) is 19.3. The molecule has 236 valence electrons. The number of benzene rings is 2. The van der Waals surface area contributed by atoms with E-state index in [0.29, 0.717) is 32.0 Å². The van der Waals surface area contributed by atoms with Crippen molar-refractivity contribution in [1.82, 2.24) is 20.4 Å². The van der Waals surface area contributed by atoms with Crippen molar-refractivity contribution in [1.29, 1.82) is 0 Å². The molecule has 2 N–H and O–H groups in total. The highest BCUT2D eigenvalue weighted by molar-refractivity contribution is 5.79. The normalized spacial score (nSPS) is 21.0. The fourth-order valence-electron chi connectivity index (χ4n) is 6.08. The molecule has 2 aromatic rings. The van der Waals surface area contributed by atoms with Crippen LogP contribution >= 0.6 is 0 Å². The van der Waals surface area contributed by atoms with Crippen LogP contribution in [0.2, 0.25) is 0 Å². The van der Waals surface area contributed by atoms with Gasteiger partial charge in [0.15, 0.2) is 0 Å². The molecule has 0 saturated carbocycles. The summed E-state index contributed by atoms with van der Waals surface area (Å²) in [6.07, 6.45) is 2.66. The molecule has 0 radical (unpaired) electrons. The van der Waals surface area contributed by atoms with Crippen LogP contribution in [0.25, 0.3) is 0 Å². The first-order chi connectivity index (χ1) is 21.2. The Morgan fingerprint density at radius 1 is 1.07 bits per heavy atom. The van der Waals surface area contributed by atoms with Gasteiger partial charge in [0.1, 0.15) is 12.2 Å². The van der Waals surface area contributed by atoms with Crippen molar-refractivity contribution in [2.75, 3.05) is 46.4 Å². The molecule has 2 aromatic carbocycles. The van der Waals surface area contributed by atoms with Crippen molar-refractivity contribution in [2.45, 2.75) is 63.7 Å². The third-order valence-corrected chi connectivity index (χ3v) is 8.18. The second kappa shape index (κ2) is 15.7. The van der Waals surface area contributed by atoms with E-state index < -0.39 is 0 Å². The molecule has 9 nitrogen and oxygen atoms in total. The number of ether oxygens (including phenoxy) is 2. The number of rotatable bonds is 5.